The summed E-state index contributed by atoms with van der Waals surface area (Å²) in [5.74, 6) is 0.809. The molecule has 1 aliphatic rings. The Bertz CT molecular complexity index is 964. The number of benzene rings is 1. The summed E-state index contributed by atoms with van der Waals surface area (Å²) in [5.41, 5.74) is 3.20. The molecule has 0 atom stereocenters. The lowest BCUT2D eigenvalue weighted by Gasteiger charge is -2.33. The number of amides is 1. The number of piperidine rings is 1. The number of thiophene rings is 1. The molecule has 3 aromatic rings. The number of nitrogens with zero attached hydrogens (tertiary/aromatic N) is 3. The van der Waals surface area contributed by atoms with Crippen LogP contribution in [0, 0.1) is 12.7 Å². The normalized spacial score (nSPS) is 15.1. The second kappa shape index (κ2) is 8.22. The molecule has 1 N–H and O–H groups in total. The molecule has 0 spiro atoms. The standard InChI is InChI=1S/C21H23FN4OS/c1-14-12-28-20-19(14)23-13-24-21(20)26-10-8-17(9-11-26)25-18(27)7-4-15-2-5-16(22)6-3-15/h2-3,5-6,12-13,17H,4,7-11H2,1H3,(H,25,27). The van der Waals surface area contributed by atoms with Gasteiger partial charge in [-0.1, -0.05) is 12.1 Å². The van der Waals surface area contributed by atoms with Crippen LogP contribution in [-0.2, 0) is 11.2 Å². The molecule has 146 valence electrons. The van der Waals surface area contributed by atoms with Gasteiger partial charge in [0.2, 0.25) is 5.91 Å². The molecule has 0 unspecified atom stereocenters. The van der Waals surface area contributed by atoms with E-state index in [0.717, 1.165) is 47.5 Å². The number of fused-ring (bicyclic) bond motifs is 1. The third kappa shape index (κ3) is 4.14. The number of aromatic nitrogens is 2. The van der Waals surface area contributed by atoms with Gasteiger partial charge in [-0.3, -0.25) is 4.79 Å². The average Bonchev–Trinajstić information content (AvgIpc) is 3.09. The first-order valence-electron chi connectivity index (χ1n) is 9.57. The highest BCUT2D eigenvalue weighted by molar-refractivity contribution is 7.18. The highest BCUT2D eigenvalue weighted by atomic mass is 32.1. The molecular weight excluding hydrogens is 375 g/mol. The minimum atomic E-state index is -0.251. The molecule has 3 heterocycles. The SMILES string of the molecule is Cc1csc2c(N3CCC(NC(=O)CCc4ccc(F)cc4)CC3)ncnc12. The van der Waals surface area contributed by atoms with E-state index >= 15 is 0 Å². The Morgan fingerprint density at radius 2 is 2.00 bits per heavy atom. The number of carbonyl (C=O) groups excluding carboxylic acids is 1. The Balaban J connectivity index is 1.29. The van der Waals surface area contributed by atoms with E-state index in [2.05, 4.69) is 32.5 Å². The molecule has 1 saturated heterocycles. The van der Waals surface area contributed by atoms with Crippen LogP contribution in [0.4, 0.5) is 10.2 Å². The van der Waals surface area contributed by atoms with Gasteiger partial charge in [0.15, 0.2) is 0 Å². The van der Waals surface area contributed by atoms with Gasteiger partial charge >= 0.3 is 0 Å². The largest absolute Gasteiger partial charge is 0.355 e. The summed E-state index contributed by atoms with van der Waals surface area (Å²) >= 11 is 1.69. The van der Waals surface area contributed by atoms with Gasteiger partial charge in [-0.05, 0) is 54.8 Å². The monoisotopic (exact) mass is 398 g/mol. The molecule has 1 fully saturated rings. The minimum absolute atomic E-state index is 0.0566. The lowest BCUT2D eigenvalue weighted by molar-refractivity contribution is -0.121. The Hall–Kier alpha value is -2.54. The number of halogens is 1. The number of hydrogen-bond donors (Lipinski definition) is 1. The van der Waals surface area contributed by atoms with Crippen molar-refractivity contribution in [2.45, 2.75) is 38.6 Å². The van der Waals surface area contributed by atoms with Gasteiger partial charge < -0.3 is 10.2 Å². The van der Waals surface area contributed by atoms with Crippen LogP contribution in [0.1, 0.15) is 30.4 Å². The van der Waals surface area contributed by atoms with Gasteiger partial charge in [0.25, 0.3) is 0 Å². The Morgan fingerprint density at radius 1 is 1.25 bits per heavy atom. The van der Waals surface area contributed by atoms with Crippen LogP contribution in [0.5, 0.6) is 0 Å². The zero-order valence-corrected chi connectivity index (χ0v) is 16.6. The molecule has 0 aliphatic carbocycles. The summed E-state index contributed by atoms with van der Waals surface area (Å²) in [5, 5.41) is 5.27. The maximum Gasteiger partial charge on any atom is 0.220 e. The Morgan fingerprint density at radius 3 is 2.75 bits per heavy atom. The molecule has 0 bridgehead atoms. The fourth-order valence-electron chi connectivity index (χ4n) is 3.63. The maximum absolute atomic E-state index is 12.9. The number of carbonyl (C=O) groups is 1. The van der Waals surface area contributed by atoms with Crippen LogP contribution in [0.2, 0.25) is 0 Å². The number of anilines is 1. The van der Waals surface area contributed by atoms with Crippen molar-refractivity contribution in [2.24, 2.45) is 0 Å². The van der Waals surface area contributed by atoms with Crippen LogP contribution >= 0.6 is 11.3 Å². The van der Waals surface area contributed by atoms with E-state index in [1.807, 2.05) is 0 Å². The lowest BCUT2D eigenvalue weighted by atomic mass is 10.0. The van der Waals surface area contributed by atoms with E-state index in [1.165, 1.54) is 17.7 Å². The van der Waals surface area contributed by atoms with E-state index in [9.17, 15) is 9.18 Å². The second-order valence-electron chi connectivity index (χ2n) is 7.25. The molecule has 7 heteroatoms. The summed E-state index contributed by atoms with van der Waals surface area (Å²) in [6, 6.07) is 6.52. The van der Waals surface area contributed by atoms with Crippen LogP contribution in [0.3, 0.4) is 0 Å². The van der Waals surface area contributed by atoms with Gasteiger partial charge in [-0.2, -0.15) is 0 Å². The number of nitrogens with one attached hydrogen (secondary N) is 1. The molecule has 0 saturated carbocycles. The van der Waals surface area contributed by atoms with Gasteiger partial charge in [-0.15, -0.1) is 11.3 Å². The Kier molecular flexibility index (Phi) is 5.52. The van der Waals surface area contributed by atoms with E-state index in [-0.39, 0.29) is 17.8 Å². The summed E-state index contributed by atoms with van der Waals surface area (Å²) in [6.07, 6.45) is 4.49. The number of hydrogen-bond acceptors (Lipinski definition) is 5. The Labute approximate surface area is 167 Å². The predicted molar refractivity (Wildman–Crippen MR) is 110 cm³/mol. The van der Waals surface area contributed by atoms with Crippen molar-refractivity contribution in [1.29, 1.82) is 0 Å². The van der Waals surface area contributed by atoms with Gasteiger partial charge in [0.05, 0.1) is 10.2 Å². The molecule has 28 heavy (non-hydrogen) atoms. The van der Waals surface area contributed by atoms with E-state index in [4.69, 9.17) is 0 Å². The number of aryl methyl sites for hydroxylation is 2. The molecule has 1 aromatic carbocycles. The fourth-order valence-corrected chi connectivity index (χ4v) is 4.65. The summed E-state index contributed by atoms with van der Waals surface area (Å²) in [4.78, 5) is 23.5. The van der Waals surface area contributed by atoms with Crippen LogP contribution in [-0.4, -0.2) is 35.0 Å². The van der Waals surface area contributed by atoms with Crippen molar-refractivity contribution < 1.29 is 9.18 Å². The lowest BCUT2D eigenvalue weighted by Crippen LogP contribution is -2.45. The van der Waals surface area contributed by atoms with Crippen molar-refractivity contribution in [3.05, 3.63) is 52.9 Å². The zero-order chi connectivity index (χ0) is 19.5. The smallest absolute Gasteiger partial charge is 0.220 e. The van der Waals surface area contributed by atoms with Crippen molar-refractivity contribution >= 4 is 33.3 Å². The van der Waals surface area contributed by atoms with Crippen LogP contribution in [0.15, 0.2) is 36.0 Å². The average molecular weight is 399 g/mol. The molecule has 1 amide bonds. The van der Waals surface area contributed by atoms with Gasteiger partial charge in [0, 0.05) is 25.6 Å². The zero-order valence-electron chi connectivity index (χ0n) is 15.8. The molecule has 2 aromatic heterocycles. The predicted octanol–water partition coefficient (Wildman–Crippen LogP) is 3.86. The first-order chi connectivity index (χ1) is 13.6. The quantitative estimate of drug-likeness (QED) is 0.709. The molecular formula is C21H23FN4OS. The van der Waals surface area contributed by atoms with Crippen molar-refractivity contribution in [3.63, 3.8) is 0 Å². The maximum atomic E-state index is 12.9. The topological polar surface area (TPSA) is 58.1 Å². The third-order valence-electron chi connectivity index (χ3n) is 5.23. The van der Waals surface area contributed by atoms with Crippen LogP contribution < -0.4 is 10.2 Å². The molecule has 1 aliphatic heterocycles. The first kappa shape index (κ1) is 18.8. The highest BCUT2D eigenvalue weighted by Crippen LogP contribution is 2.32. The number of rotatable bonds is 5. The molecule has 4 rings (SSSR count). The first-order valence-corrected chi connectivity index (χ1v) is 10.5. The van der Waals surface area contributed by atoms with Crippen LogP contribution in [0.25, 0.3) is 10.2 Å². The third-order valence-corrected chi connectivity index (χ3v) is 6.31. The summed E-state index contributed by atoms with van der Waals surface area (Å²) in [7, 11) is 0. The highest BCUT2D eigenvalue weighted by Gasteiger charge is 2.23. The van der Waals surface area contributed by atoms with Crippen molar-refractivity contribution in [2.75, 3.05) is 18.0 Å². The minimum Gasteiger partial charge on any atom is -0.355 e. The van der Waals surface area contributed by atoms with E-state index in [0.29, 0.717) is 12.8 Å². The van der Waals surface area contributed by atoms with Crippen molar-refractivity contribution in [3.8, 4) is 0 Å². The van der Waals surface area contributed by atoms with E-state index < -0.39 is 0 Å². The summed E-state index contributed by atoms with van der Waals surface area (Å²) in [6.45, 7) is 3.81. The van der Waals surface area contributed by atoms with Gasteiger partial charge in [-0.25, -0.2) is 14.4 Å². The van der Waals surface area contributed by atoms with E-state index in [1.54, 1.807) is 29.8 Å². The van der Waals surface area contributed by atoms with Crippen molar-refractivity contribution in [1.82, 2.24) is 15.3 Å². The molecule has 0 radical (unpaired) electrons. The van der Waals surface area contributed by atoms with Gasteiger partial charge in [0.1, 0.15) is 18.0 Å². The molecule has 5 nitrogen and oxygen atoms in total. The fraction of sp³-hybridized carbons (Fsp3) is 0.381. The summed E-state index contributed by atoms with van der Waals surface area (Å²) < 4.78 is 14.1. The second-order valence-corrected chi connectivity index (χ2v) is 8.13.